The molecule has 1 saturated heterocycles. The van der Waals surface area contributed by atoms with Crippen molar-refractivity contribution in [2.45, 2.75) is 19.0 Å². The zero-order valence-corrected chi connectivity index (χ0v) is 11.0. The summed E-state index contributed by atoms with van der Waals surface area (Å²) in [6, 6.07) is 3.72. The van der Waals surface area contributed by atoms with Gasteiger partial charge in [-0.15, -0.1) is 0 Å². The van der Waals surface area contributed by atoms with Gasteiger partial charge < -0.3 is 11.1 Å². The number of carbonyl (C=O) groups excluding carboxylic acids is 1. The van der Waals surface area contributed by atoms with Crippen molar-refractivity contribution >= 4 is 15.7 Å². The molecule has 0 aromatic heterocycles. The monoisotopic (exact) mass is 286 g/mol. The van der Waals surface area contributed by atoms with Gasteiger partial charge in [-0.1, -0.05) is 0 Å². The Labute approximate surface area is 110 Å². The molecule has 1 unspecified atom stereocenters. The fourth-order valence-electron chi connectivity index (χ4n) is 2.07. The van der Waals surface area contributed by atoms with Crippen molar-refractivity contribution in [1.29, 1.82) is 0 Å². The van der Waals surface area contributed by atoms with Crippen LogP contribution in [0.15, 0.2) is 18.2 Å². The maximum atomic E-state index is 13.5. The largest absolute Gasteiger partial charge is 0.366 e. The Morgan fingerprint density at radius 1 is 1.47 bits per heavy atom. The molecule has 19 heavy (non-hydrogen) atoms. The molecule has 104 valence electrons. The van der Waals surface area contributed by atoms with E-state index >= 15 is 0 Å². The van der Waals surface area contributed by atoms with Crippen LogP contribution in [0.25, 0.3) is 0 Å². The van der Waals surface area contributed by atoms with Gasteiger partial charge in [0.15, 0.2) is 9.84 Å². The van der Waals surface area contributed by atoms with Crippen LogP contribution in [0.2, 0.25) is 0 Å². The van der Waals surface area contributed by atoms with Gasteiger partial charge in [0.2, 0.25) is 5.91 Å². The molecule has 5 nitrogen and oxygen atoms in total. The zero-order valence-electron chi connectivity index (χ0n) is 10.2. The predicted octanol–water partition coefficient (Wildman–Crippen LogP) is 0.201. The van der Waals surface area contributed by atoms with E-state index in [2.05, 4.69) is 5.32 Å². The van der Waals surface area contributed by atoms with Gasteiger partial charge >= 0.3 is 0 Å². The first-order valence-electron chi connectivity index (χ1n) is 5.89. The first-order valence-corrected chi connectivity index (χ1v) is 7.71. The molecule has 1 atom stereocenters. The summed E-state index contributed by atoms with van der Waals surface area (Å²) in [5.41, 5.74) is 5.67. The number of amides is 1. The highest BCUT2D eigenvalue weighted by molar-refractivity contribution is 7.91. The van der Waals surface area contributed by atoms with Crippen molar-refractivity contribution < 1.29 is 17.6 Å². The van der Waals surface area contributed by atoms with Crippen molar-refractivity contribution in [1.82, 2.24) is 5.32 Å². The number of primary amides is 1. The van der Waals surface area contributed by atoms with Crippen LogP contribution in [0.5, 0.6) is 0 Å². The summed E-state index contributed by atoms with van der Waals surface area (Å²) in [5.74, 6) is -0.832. The van der Waals surface area contributed by atoms with E-state index in [0.29, 0.717) is 12.0 Å². The number of hydrogen-bond donors (Lipinski definition) is 2. The van der Waals surface area contributed by atoms with Gasteiger partial charge in [-0.2, -0.15) is 0 Å². The van der Waals surface area contributed by atoms with Gasteiger partial charge in [0.25, 0.3) is 0 Å². The summed E-state index contributed by atoms with van der Waals surface area (Å²) < 4.78 is 36.1. The van der Waals surface area contributed by atoms with Crippen molar-refractivity contribution in [2.24, 2.45) is 5.73 Å². The van der Waals surface area contributed by atoms with Crippen LogP contribution < -0.4 is 11.1 Å². The lowest BCUT2D eigenvalue weighted by Gasteiger charge is -2.11. The number of benzene rings is 1. The molecule has 1 fully saturated rings. The Kier molecular flexibility index (Phi) is 3.86. The van der Waals surface area contributed by atoms with Gasteiger partial charge in [-0.05, 0) is 24.6 Å². The average molecular weight is 286 g/mol. The third-order valence-electron chi connectivity index (χ3n) is 3.14. The van der Waals surface area contributed by atoms with Crippen LogP contribution in [-0.4, -0.2) is 31.9 Å². The van der Waals surface area contributed by atoms with E-state index in [4.69, 9.17) is 5.73 Å². The van der Waals surface area contributed by atoms with Gasteiger partial charge in [-0.25, -0.2) is 12.8 Å². The molecule has 1 amide bonds. The molecule has 0 bridgehead atoms. The Morgan fingerprint density at radius 2 is 2.21 bits per heavy atom. The topological polar surface area (TPSA) is 89.3 Å². The molecule has 1 heterocycles. The number of rotatable bonds is 4. The molecule has 0 saturated carbocycles. The molecule has 1 aliphatic heterocycles. The standard InChI is InChI=1S/C12H15FN2O3S/c13-11-2-1-8(12(14)16)5-9(11)6-15-10-3-4-19(17,18)7-10/h1-2,5,10,15H,3-4,6-7H2,(H2,14,16). The van der Waals surface area contributed by atoms with Gasteiger partial charge in [-0.3, -0.25) is 4.79 Å². The number of nitrogens with one attached hydrogen (secondary N) is 1. The molecule has 1 aliphatic rings. The van der Waals surface area contributed by atoms with Gasteiger partial charge in [0.1, 0.15) is 5.82 Å². The van der Waals surface area contributed by atoms with E-state index in [9.17, 15) is 17.6 Å². The summed E-state index contributed by atoms with van der Waals surface area (Å²) >= 11 is 0. The van der Waals surface area contributed by atoms with Crippen LogP contribution >= 0.6 is 0 Å². The highest BCUT2D eigenvalue weighted by Gasteiger charge is 2.27. The first kappa shape index (κ1) is 14.0. The third kappa shape index (κ3) is 3.51. The predicted molar refractivity (Wildman–Crippen MR) is 68.8 cm³/mol. The highest BCUT2D eigenvalue weighted by atomic mass is 32.2. The number of nitrogens with two attached hydrogens (primary N) is 1. The minimum absolute atomic E-state index is 0.0735. The SMILES string of the molecule is NC(=O)c1ccc(F)c(CNC2CCS(=O)(=O)C2)c1. The van der Waals surface area contributed by atoms with Crippen LogP contribution in [0.1, 0.15) is 22.3 Å². The Balaban J connectivity index is 2.03. The lowest BCUT2D eigenvalue weighted by Crippen LogP contribution is -2.30. The lowest BCUT2D eigenvalue weighted by atomic mass is 10.1. The maximum absolute atomic E-state index is 13.5. The summed E-state index contributed by atoms with van der Waals surface area (Å²) in [6.07, 6.45) is 0.527. The summed E-state index contributed by atoms with van der Waals surface area (Å²) in [4.78, 5) is 11.0. The van der Waals surface area contributed by atoms with E-state index in [1.165, 1.54) is 18.2 Å². The molecule has 2 rings (SSSR count). The maximum Gasteiger partial charge on any atom is 0.248 e. The Bertz CT molecular complexity index is 601. The minimum Gasteiger partial charge on any atom is -0.366 e. The number of carbonyl (C=O) groups is 1. The molecular weight excluding hydrogens is 271 g/mol. The first-order chi connectivity index (χ1) is 8.87. The molecular formula is C12H15FN2O3S. The van der Waals surface area contributed by atoms with E-state index < -0.39 is 21.6 Å². The van der Waals surface area contributed by atoms with E-state index in [1.807, 2.05) is 0 Å². The zero-order chi connectivity index (χ0) is 14.0. The molecule has 1 aromatic carbocycles. The van der Waals surface area contributed by atoms with Crippen molar-refractivity contribution in [2.75, 3.05) is 11.5 Å². The second-order valence-corrected chi connectivity index (χ2v) is 6.88. The smallest absolute Gasteiger partial charge is 0.248 e. The van der Waals surface area contributed by atoms with Crippen molar-refractivity contribution in [3.8, 4) is 0 Å². The average Bonchev–Trinajstić information content (AvgIpc) is 2.67. The fourth-order valence-corrected chi connectivity index (χ4v) is 3.78. The number of sulfone groups is 1. The van der Waals surface area contributed by atoms with Gasteiger partial charge in [0.05, 0.1) is 11.5 Å². The second-order valence-electron chi connectivity index (χ2n) is 4.65. The number of halogens is 1. The molecule has 0 spiro atoms. The van der Waals surface area contributed by atoms with Crippen LogP contribution in [0.4, 0.5) is 4.39 Å². The minimum atomic E-state index is -2.96. The van der Waals surface area contributed by atoms with Crippen molar-refractivity contribution in [3.63, 3.8) is 0 Å². The van der Waals surface area contributed by atoms with E-state index in [0.717, 1.165) is 0 Å². The molecule has 3 N–H and O–H groups in total. The van der Waals surface area contributed by atoms with Crippen LogP contribution in [0.3, 0.4) is 0 Å². The molecule has 7 heteroatoms. The lowest BCUT2D eigenvalue weighted by molar-refractivity contribution is 0.1000. The second kappa shape index (κ2) is 5.26. The number of hydrogen-bond acceptors (Lipinski definition) is 4. The van der Waals surface area contributed by atoms with Crippen LogP contribution in [0, 0.1) is 5.82 Å². The van der Waals surface area contributed by atoms with E-state index in [1.54, 1.807) is 0 Å². The Morgan fingerprint density at radius 3 is 2.79 bits per heavy atom. The fraction of sp³-hybridized carbons (Fsp3) is 0.417. The summed E-state index contributed by atoms with van der Waals surface area (Å²) in [6.45, 7) is 0.174. The Hall–Kier alpha value is -1.47. The summed E-state index contributed by atoms with van der Waals surface area (Å²) in [5, 5.41) is 2.99. The molecule has 1 aromatic rings. The third-order valence-corrected chi connectivity index (χ3v) is 4.91. The van der Waals surface area contributed by atoms with Crippen molar-refractivity contribution in [3.05, 3.63) is 35.1 Å². The normalized spacial score (nSPS) is 21.4. The van der Waals surface area contributed by atoms with Crippen LogP contribution in [-0.2, 0) is 16.4 Å². The van der Waals surface area contributed by atoms with Gasteiger partial charge in [0, 0.05) is 23.7 Å². The molecule has 0 radical (unpaired) electrons. The van der Waals surface area contributed by atoms with E-state index in [-0.39, 0.29) is 29.7 Å². The molecule has 0 aliphatic carbocycles. The highest BCUT2D eigenvalue weighted by Crippen LogP contribution is 2.14. The summed E-state index contributed by atoms with van der Waals surface area (Å²) in [7, 11) is -2.96. The quantitative estimate of drug-likeness (QED) is 0.827.